The van der Waals surface area contributed by atoms with Crippen LogP contribution in [0.25, 0.3) is 0 Å². The van der Waals surface area contributed by atoms with Gasteiger partial charge in [-0.15, -0.1) is 11.6 Å². The van der Waals surface area contributed by atoms with Gasteiger partial charge in [0.15, 0.2) is 5.82 Å². The number of hydrogen-bond donors (Lipinski definition) is 1. The van der Waals surface area contributed by atoms with Gasteiger partial charge in [-0.1, -0.05) is 18.2 Å². The first-order valence-electron chi connectivity index (χ1n) is 6.55. The summed E-state index contributed by atoms with van der Waals surface area (Å²) in [6.45, 7) is 5.84. The van der Waals surface area contributed by atoms with E-state index < -0.39 is 0 Å². The van der Waals surface area contributed by atoms with E-state index >= 15 is 0 Å². The number of ether oxygens (including phenoxy) is 1. The Labute approximate surface area is 124 Å². The molecule has 1 atom stereocenters. The number of nitrogens with zero attached hydrogens (tertiary/aromatic N) is 2. The predicted octanol–water partition coefficient (Wildman–Crippen LogP) is 4.31. The molecule has 106 valence electrons. The lowest BCUT2D eigenvalue weighted by Gasteiger charge is -2.14. The maximum Gasteiger partial charge on any atom is 0.234 e. The fraction of sp³-hybridized carbons (Fsp3) is 0.333. The minimum atomic E-state index is -0.0817. The Kier molecular flexibility index (Phi) is 4.79. The quantitative estimate of drug-likeness (QED) is 0.834. The lowest BCUT2D eigenvalue weighted by atomic mass is 10.1. The molecule has 0 radical (unpaired) electrons. The zero-order chi connectivity index (χ0) is 14.5. The summed E-state index contributed by atoms with van der Waals surface area (Å²) in [6, 6.07) is 7.87. The minimum absolute atomic E-state index is 0.0645. The third kappa shape index (κ3) is 3.84. The number of halogens is 1. The second kappa shape index (κ2) is 6.57. The van der Waals surface area contributed by atoms with E-state index in [0.29, 0.717) is 11.7 Å². The van der Waals surface area contributed by atoms with E-state index in [1.807, 2.05) is 45.0 Å². The van der Waals surface area contributed by atoms with E-state index in [4.69, 9.17) is 16.3 Å². The SMILES string of the molecule is CC(C)Oc1cncc(Nc2ccccc2C(C)Cl)n1. The Bertz CT molecular complexity index is 573. The maximum atomic E-state index is 6.17. The van der Waals surface area contributed by atoms with Crippen molar-refractivity contribution in [3.8, 4) is 5.88 Å². The smallest absolute Gasteiger partial charge is 0.234 e. The average molecular weight is 292 g/mol. The van der Waals surface area contributed by atoms with Gasteiger partial charge >= 0.3 is 0 Å². The lowest BCUT2D eigenvalue weighted by Crippen LogP contribution is -2.08. The second-order valence-corrected chi connectivity index (χ2v) is 5.39. The van der Waals surface area contributed by atoms with E-state index in [1.165, 1.54) is 0 Å². The van der Waals surface area contributed by atoms with Crippen molar-refractivity contribution in [2.24, 2.45) is 0 Å². The molecule has 20 heavy (non-hydrogen) atoms. The molecule has 1 aromatic heterocycles. The first-order chi connectivity index (χ1) is 9.56. The number of hydrogen-bond acceptors (Lipinski definition) is 4. The summed E-state index contributed by atoms with van der Waals surface area (Å²) in [5.41, 5.74) is 1.94. The van der Waals surface area contributed by atoms with Crippen LogP contribution in [-0.2, 0) is 0 Å². The Morgan fingerprint density at radius 2 is 1.90 bits per heavy atom. The summed E-state index contributed by atoms with van der Waals surface area (Å²) in [5.74, 6) is 1.13. The van der Waals surface area contributed by atoms with Crippen LogP contribution in [0.3, 0.4) is 0 Å². The number of aromatic nitrogens is 2. The normalized spacial score (nSPS) is 12.2. The third-order valence-corrected chi connectivity index (χ3v) is 2.86. The highest BCUT2D eigenvalue weighted by Crippen LogP contribution is 2.29. The molecule has 1 unspecified atom stereocenters. The van der Waals surface area contributed by atoms with Crippen LogP contribution in [0.1, 0.15) is 31.7 Å². The van der Waals surface area contributed by atoms with Gasteiger partial charge in [0.2, 0.25) is 5.88 Å². The van der Waals surface area contributed by atoms with E-state index in [1.54, 1.807) is 12.4 Å². The Morgan fingerprint density at radius 1 is 1.15 bits per heavy atom. The Hall–Kier alpha value is -1.81. The summed E-state index contributed by atoms with van der Waals surface area (Å²) < 4.78 is 5.53. The molecule has 0 aliphatic rings. The van der Waals surface area contributed by atoms with Crippen LogP contribution in [0.15, 0.2) is 36.7 Å². The summed E-state index contributed by atoms with van der Waals surface area (Å²) in [7, 11) is 0. The minimum Gasteiger partial charge on any atom is -0.474 e. The average Bonchev–Trinajstić information content (AvgIpc) is 2.38. The Balaban J connectivity index is 2.22. The van der Waals surface area contributed by atoms with Crippen molar-refractivity contribution in [1.29, 1.82) is 0 Å². The molecular formula is C15H18ClN3O. The molecular weight excluding hydrogens is 274 g/mol. The first kappa shape index (κ1) is 14.6. The van der Waals surface area contributed by atoms with Crippen molar-refractivity contribution in [1.82, 2.24) is 9.97 Å². The molecule has 5 heteroatoms. The molecule has 2 rings (SSSR count). The van der Waals surface area contributed by atoms with Crippen molar-refractivity contribution in [2.45, 2.75) is 32.3 Å². The number of para-hydroxylation sites is 1. The van der Waals surface area contributed by atoms with Crippen LogP contribution in [0.5, 0.6) is 5.88 Å². The van der Waals surface area contributed by atoms with Crippen molar-refractivity contribution < 1.29 is 4.74 Å². The molecule has 4 nitrogen and oxygen atoms in total. The number of nitrogens with one attached hydrogen (secondary N) is 1. The van der Waals surface area contributed by atoms with Crippen LogP contribution in [-0.4, -0.2) is 16.1 Å². The van der Waals surface area contributed by atoms with E-state index in [-0.39, 0.29) is 11.5 Å². The molecule has 0 fully saturated rings. The molecule has 1 heterocycles. The number of anilines is 2. The van der Waals surface area contributed by atoms with Crippen LogP contribution in [0.4, 0.5) is 11.5 Å². The highest BCUT2D eigenvalue weighted by molar-refractivity contribution is 6.21. The second-order valence-electron chi connectivity index (χ2n) is 4.74. The van der Waals surface area contributed by atoms with E-state index in [9.17, 15) is 0 Å². The lowest BCUT2D eigenvalue weighted by molar-refractivity contribution is 0.232. The zero-order valence-corrected chi connectivity index (χ0v) is 12.6. The van der Waals surface area contributed by atoms with Gasteiger partial charge in [-0.3, -0.25) is 4.98 Å². The van der Waals surface area contributed by atoms with Crippen molar-refractivity contribution in [2.75, 3.05) is 5.32 Å². The van der Waals surface area contributed by atoms with Crippen LogP contribution >= 0.6 is 11.6 Å². The summed E-state index contributed by atoms with van der Waals surface area (Å²) in [5, 5.41) is 3.15. The van der Waals surface area contributed by atoms with Gasteiger partial charge in [0.05, 0.1) is 23.9 Å². The zero-order valence-electron chi connectivity index (χ0n) is 11.8. The van der Waals surface area contributed by atoms with Gasteiger partial charge < -0.3 is 10.1 Å². The van der Waals surface area contributed by atoms with Gasteiger partial charge in [0.25, 0.3) is 0 Å². The molecule has 1 N–H and O–H groups in total. The molecule has 0 bridgehead atoms. The van der Waals surface area contributed by atoms with Gasteiger partial charge in [0, 0.05) is 5.69 Å². The van der Waals surface area contributed by atoms with E-state index in [0.717, 1.165) is 11.3 Å². The fourth-order valence-electron chi connectivity index (χ4n) is 1.80. The highest BCUT2D eigenvalue weighted by Gasteiger charge is 2.09. The van der Waals surface area contributed by atoms with Crippen LogP contribution < -0.4 is 10.1 Å². The third-order valence-electron chi connectivity index (χ3n) is 2.62. The number of benzene rings is 1. The molecule has 1 aromatic carbocycles. The molecule has 2 aromatic rings. The summed E-state index contributed by atoms with van der Waals surface area (Å²) >= 11 is 6.17. The molecule has 0 saturated carbocycles. The summed E-state index contributed by atoms with van der Waals surface area (Å²) in [4.78, 5) is 8.50. The van der Waals surface area contributed by atoms with Gasteiger partial charge in [-0.05, 0) is 32.4 Å². The first-order valence-corrected chi connectivity index (χ1v) is 6.98. The molecule has 0 saturated heterocycles. The monoisotopic (exact) mass is 291 g/mol. The van der Waals surface area contributed by atoms with E-state index in [2.05, 4.69) is 15.3 Å². The topological polar surface area (TPSA) is 47.0 Å². The molecule has 0 aliphatic carbocycles. The van der Waals surface area contributed by atoms with Gasteiger partial charge in [-0.2, -0.15) is 4.98 Å². The van der Waals surface area contributed by atoms with Crippen LogP contribution in [0, 0.1) is 0 Å². The number of alkyl halides is 1. The predicted molar refractivity (Wildman–Crippen MR) is 81.8 cm³/mol. The standard InChI is InChI=1S/C15H18ClN3O/c1-10(2)20-15-9-17-8-14(19-15)18-13-7-5-4-6-12(13)11(3)16/h4-11H,1-3H3,(H,18,19). The molecule has 0 spiro atoms. The largest absolute Gasteiger partial charge is 0.474 e. The van der Waals surface area contributed by atoms with Gasteiger partial charge in [0.1, 0.15) is 0 Å². The highest BCUT2D eigenvalue weighted by atomic mass is 35.5. The van der Waals surface area contributed by atoms with Crippen molar-refractivity contribution in [3.63, 3.8) is 0 Å². The van der Waals surface area contributed by atoms with Crippen molar-refractivity contribution >= 4 is 23.1 Å². The maximum absolute atomic E-state index is 6.17. The molecule has 0 aliphatic heterocycles. The summed E-state index contributed by atoms with van der Waals surface area (Å²) in [6.07, 6.45) is 3.32. The Morgan fingerprint density at radius 3 is 2.60 bits per heavy atom. The molecule has 0 amide bonds. The van der Waals surface area contributed by atoms with Gasteiger partial charge in [-0.25, -0.2) is 0 Å². The fourth-order valence-corrected chi connectivity index (χ4v) is 1.99. The van der Waals surface area contributed by atoms with Crippen LogP contribution in [0.2, 0.25) is 0 Å². The van der Waals surface area contributed by atoms with Crippen molar-refractivity contribution in [3.05, 3.63) is 42.2 Å². The number of rotatable bonds is 5.